The van der Waals surface area contributed by atoms with Crippen LogP contribution in [0.1, 0.15) is 42.5 Å². The number of hydrogen-bond donors (Lipinski definition) is 1. The molecule has 3 rings (SSSR count). The molecular weight excluding hydrogens is 370 g/mol. The van der Waals surface area contributed by atoms with E-state index in [1.165, 1.54) is 16.7 Å². The predicted octanol–water partition coefficient (Wildman–Crippen LogP) is 6.08. The molecule has 0 saturated carbocycles. The summed E-state index contributed by atoms with van der Waals surface area (Å²) in [5.41, 5.74) is 5.00. The van der Waals surface area contributed by atoms with Gasteiger partial charge in [0.05, 0.1) is 6.61 Å². The minimum atomic E-state index is 0.443. The second kappa shape index (κ2) is 11.4. The Morgan fingerprint density at radius 1 is 0.800 bits per heavy atom. The lowest BCUT2D eigenvalue weighted by Gasteiger charge is -2.16. The van der Waals surface area contributed by atoms with E-state index in [9.17, 15) is 0 Å². The summed E-state index contributed by atoms with van der Waals surface area (Å²) in [5, 5.41) is 3.62. The molecule has 0 spiro atoms. The van der Waals surface area contributed by atoms with Gasteiger partial charge in [0.25, 0.3) is 0 Å². The fraction of sp³-hybridized carbons (Fsp3) is 0.333. The van der Waals surface area contributed by atoms with Crippen molar-refractivity contribution >= 4 is 0 Å². The van der Waals surface area contributed by atoms with Crippen LogP contribution < -0.4 is 14.8 Å². The van der Waals surface area contributed by atoms with Crippen LogP contribution in [0.3, 0.4) is 0 Å². The van der Waals surface area contributed by atoms with E-state index in [4.69, 9.17) is 9.47 Å². The van der Waals surface area contributed by atoms with Gasteiger partial charge < -0.3 is 14.8 Å². The molecule has 3 heteroatoms. The molecule has 3 aromatic rings. The zero-order valence-electron chi connectivity index (χ0n) is 18.4. The summed E-state index contributed by atoms with van der Waals surface area (Å²) in [6, 6.07) is 25.7. The fourth-order valence-corrected chi connectivity index (χ4v) is 3.32. The highest BCUT2D eigenvalue weighted by Gasteiger charge is 2.09. The zero-order chi connectivity index (χ0) is 21.2. The van der Waals surface area contributed by atoms with Gasteiger partial charge in [-0.3, -0.25) is 0 Å². The van der Waals surface area contributed by atoms with E-state index in [2.05, 4.69) is 85.9 Å². The van der Waals surface area contributed by atoms with Crippen molar-refractivity contribution in [1.29, 1.82) is 0 Å². The molecule has 1 atom stereocenters. The van der Waals surface area contributed by atoms with Crippen LogP contribution in [0.15, 0.2) is 72.8 Å². The molecule has 158 valence electrons. The monoisotopic (exact) mass is 403 g/mol. The predicted molar refractivity (Wildman–Crippen MR) is 124 cm³/mol. The number of ether oxygens (including phenoxy) is 2. The lowest BCUT2D eigenvalue weighted by atomic mass is 10.1. The minimum absolute atomic E-state index is 0.443. The average Bonchev–Trinajstić information content (AvgIpc) is 2.77. The maximum absolute atomic E-state index is 6.04. The molecule has 0 amide bonds. The van der Waals surface area contributed by atoms with Crippen LogP contribution in [-0.2, 0) is 19.6 Å². The third-order valence-electron chi connectivity index (χ3n) is 5.19. The summed E-state index contributed by atoms with van der Waals surface area (Å²) in [5.74, 6) is 1.60. The number of nitrogens with one attached hydrogen (secondary N) is 1. The van der Waals surface area contributed by atoms with Gasteiger partial charge in [-0.15, -0.1) is 0 Å². The molecule has 3 aromatic carbocycles. The Hall–Kier alpha value is -2.78. The summed E-state index contributed by atoms with van der Waals surface area (Å²) < 4.78 is 11.9. The van der Waals surface area contributed by atoms with Crippen LogP contribution in [0.4, 0.5) is 0 Å². The molecule has 0 radical (unpaired) electrons. The molecular formula is C27H33NO2. The van der Waals surface area contributed by atoms with E-state index in [0.29, 0.717) is 19.3 Å². The molecule has 0 aromatic heterocycles. The van der Waals surface area contributed by atoms with Crippen LogP contribution in [0.25, 0.3) is 0 Å². The topological polar surface area (TPSA) is 30.5 Å². The number of aryl methyl sites for hydroxylation is 2. The maximum atomic E-state index is 6.04. The molecule has 1 unspecified atom stereocenters. The highest BCUT2D eigenvalue weighted by atomic mass is 16.5. The quantitative estimate of drug-likeness (QED) is 0.421. The Morgan fingerprint density at radius 2 is 1.53 bits per heavy atom. The third-order valence-corrected chi connectivity index (χ3v) is 5.19. The maximum Gasteiger partial charge on any atom is 0.161 e. The Kier molecular flexibility index (Phi) is 8.34. The first-order valence-corrected chi connectivity index (χ1v) is 10.9. The van der Waals surface area contributed by atoms with Crippen molar-refractivity contribution in [3.05, 3.63) is 95.1 Å². The highest BCUT2D eigenvalue weighted by Crippen LogP contribution is 2.29. The Balaban J connectivity index is 1.53. The van der Waals surface area contributed by atoms with Gasteiger partial charge in [0, 0.05) is 12.6 Å². The Labute approximate surface area is 181 Å². The van der Waals surface area contributed by atoms with Crippen LogP contribution in [0.2, 0.25) is 0 Å². The van der Waals surface area contributed by atoms with E-state index in [1.807, 2.05) is 13.0 Å². The summed E-state index contributed by atoms with van der Waals surface area (Å²) >= 11 is 0. The van der Waals surface area contributed by atoms with Gasteiger partial charge in [-0.25, -0.2) is 0 Å². The molecule has 0 heterocycles. The van der Waals surface area contributed by atoms with Crippen molar-refractivity contribution in [2.24, 2.45) is 0 Å². The normalized spacial score (nSPS) is 11.8. The Bertz CT molecular complexity index is 890. The molecule has 0 aliphatic rings. The molecule has 0 bridgehead atoms. The van der Waals surface area contributed by atoms with Crippen LogP contribution in [0, 0.1) is 6.92 Å². The first-order chi connectivity index (χ1) is 14.6. The van der Waals surface area contributed by atoms with Gasteiger partial charge in [-0.05, 0) is 62.4 Å². The van der Waals surface area contributed by atoms with Crippen LogP contribution in [-0.4, -0.2) is 12.6 Å². The summed E-state index contributed by atoms with van der Waals surface area (Å²) in [6.07, 6.45) is 2.20. The van der Waals surface area contributed by atoms with Gasteiger partial charge in [0.2, 0.25) is 0 Å². The van der Waals surface area contributed by atoms with Gasteiger partial charge in [-0.1, -0.05) is 66.2 Å². The van der Waals surface area contributed by atoms with E-state index in [1.54, 1.807) is 0 Å². The van der Waals surface area contributed by atoms with Crippen molar-refractivity contribution < 1.29 is 9.47 Å². The summed E-state index contributed by atoms with van der Waals surface area (Å²) in [4.78, 5) is 0. The second-order valence-corrected chi connectivity index (χ2v) is 7.79. The van der Waals surface area contributed by atoms with Gasteiger partial charge in [0.1, 0.15) is 6.61 Å². The summed E-state index contributed by atoms with van der Waals surface area (Å²) in [7, 11) is 0. The van der Waals surface area contributed by atoms with E-state index in [-0.39, 0.29) is 0 Å². The average molecular weight is 404 g/mol. The molecule has 0 aliphatic heterocycles. The molecule has 3 nitrogen and oxygen atoms in total. The largest absolute Gasteiger partial charge is 0.490 e. The first-order valence-electron chi connectivity index (χ1n) is 10.9. The van der Waals surface area contributed by atoms with Gasteiger partial charge in [-0.2, -0.15) is 0 Å². The summed E-state index contributed by atoms with van der Waals surface area (Å²) in [6.45, 7) is 8.30. The van der Waals surface area contributed by atoms with E-state index < -0.39 is 0 Å². The van der Waals surface area contributed by atoms with E-state index >= 15 is 0 Å². The highest BCUT2D eigenvalue weighted by molar-refractivity contribution is 5.43. The van der Waals surface area contributed by atoms with Crippen molar-refractivity contribution in [2.75, 3.05) is 6.61 Å². The molecule has 1 N–H and O–H groups in total. The lowest BCUT2D eigenvalue weighted by molar-refractivity contribution is 0.269. The van der Waals surface area contributed by atoms with Crippen molar-refractivity contribution in [2.45, 2.75) is 52.8 Å². The first kappa shape index (κ1) is 21.9. The number of hydrogen-bond acceptors (Lipinski definition) is 3. The van der Waals surface area contributed by atoms with Crippen molar-refractivity contribution in [1.82, 2.24) is 5.32 Å². The zero-order valence-corrected chi connectivity index (χ0v) is 18.4. The van der Waals surface area contributed by atoms with Crippen LogP contribution in [0.5, 0.6) is 11.5 Å². The SMILES string of the molecule is CCOc1cc(CNC(C)CCc2ccccc2)ccc1OCc1ccc(C)cc1. The molecule has 0 aliphatic carbocycles. The third kappa shape index (κ3) is 6.93. The van der Waals surface area contributed by atoms with E-state index in [0.717, 1.165) is 36.4 Å². The molecule has 30 heavy (non-hydrogen) atoms. The van der Waals surface area contributed by atoms with Crippen molar-refractivity contribution in [3.8, 4) is 11.5 Å². The van der Waals surface area contributed by atoms with Gasteiger partial charge in [0.15, 0.2) is 11.5 Å². The fourth-order valence-electron chi connectivity index (χ4n) is 3.32. The molecule has 0 saturated heterocycles. The second-order valence-electron chi connectivity index (χ2n) is 7.79. The van der Waals surface area contributed by atoms with Gasteiger partial charge >= 0.3 is 0 Å². The standard InChI is InChI=1S/C27H33NO2/c1-4-29-27-18-25(19-28-22(3)12-15-23-8-6-5-7-9-23)16-17-26(27)30-20-24-13-10-21(2)11-14-24/h5-11,13-14,16-18,22,28H,4,12,15,19-20H2,1-3H3. The smallest absolute Gasteiger partial charge is 0.161 e. The Morgan fingerprint density at radius 3 is 2.27 bits per heavy atom. The lowest BCUT2D eigenvalue weighted by Crippen LogP contribution is -2.26. The number of rotatable bonds is 11. The number of benzene rings is 3. The molecule has 0 fully saturated rings. The van der Waals surface area contributed by atoms with Crippen molar-refractivity contribution in [3.63, 3.8) is 0 Å². The van der Waals surface area contributed by atoms with Crippen LogP contribution >= 0.6 is 0 Å². The minimum Gasteiger partial charge on any atom is -0.490 e.